The third-order valence-electron chi connectivity index (χ3n) is 2.75. The van der Waals surface area contributed by atoms with Gasteiger partial charge in [0.15, 0.2) is 5.82 Å². The lowest BCUT2D eigenvalue weighted by Gasteiger charge is -2.17. The van der Waals surface area contributed by atoms with E-state index in [1.807, 2.05) is 45.0 Å². The monoisotopic (exact) mass is 287 g/mol. The van der Waals surface area contributed by atoms with E-state index in [-0.39, 0.29) is 6.10 Å². The summed E-state index contributed by atoms with van der Waals surface area (Å²) in [5, 5.41) is 3.26. The Bertz CT molecular complexity index is 586. The molecule has 0 aromatic carbocycles. The van der Waals surface area contributed by atoms with Crippen molar-refractivity contribution in [1.29, 1.82) is 0 Å². The van der Waals surface area contributed by atoms with Crippen LogP contribution in [0.4, 0.5) is 11.6 Å². The van der Waals surface area contributed by atoms with Gasteiger partial charge in [0.1, 0.15) is 5.82 Å². The highest BCUT2D eigenvalue weighted by Gasteiger charge is 2.10. The molecule has 2 aromatic rings. The maximum Gasteiger partial charge on any atom is 0.257 e. The van der Waals surface area contributed by atoms with Gasteiger partial charge < -0.3 is 15.0 Å². The lowest BCUT2D eigenvalue weighted by Crippen LogP contribution is -2.15. The van der Waals surface area contributed by atoms with Crippen LogP contribution in [0.3, 0.4) is 0 Å². The van der Waals surface area contributed by atoms with Crippen molar-refractivity contribution >= 4 is 11.6 Å². The number of nitrogens with one attached hydrogen (secondary N) is 1. The van der Waals surface area contributed by atoms with Crippen LogP contribution in [0.25, 0.3) is 0 Å². The van der Waals surface area contributed by atoms with Crippen molar-refractivity contribution < 1.29 is 4.74 Å². The van der Waals surface area contributed by atoms with Gasteiger partial charge in [-0.1, -0.05) is 6.07 Å². The Morgan fingerprint density at radius 1 is 1.14 bits per heavy atom. The maximum absolute atomic E-state index is 5.65. The Balaban J connectivity index is 2.14. The predicted octanol–water partition coefficient (Wildman–Crippen LogP) is 2.34. The van der Waals surface area contributed by atoms with Gasteiger partial charge >= 0.3 is 0 Å². The number of hydrogen-bond donors (Lipinski definition) is 1. The van der Waals surface area contributed by atoms with Crippen molar-refractivity contribution in [3.8, 4) is 5.88 Å². The van der Waals surface area contributed by atoms with E-state index < -0.39 is 0 Å². The average molecular weight is 287 g/mol. The minimum absolute atomic E-state index is 0.0537. The quantitative estimate of drug-likeness (QED) is 0.880. The Kier molecular flexibility index (Phi) is 4.92. The molecular formula is C15H21N5O. The smallest absolute Gasteiger partial charge is 0.257 e. The zero-order chi connectivity index (χ0) is 15.2. The summed E-state index contributed by atoms with van der Waals surface area (Å²) in [5.74, 6) is 2.09. The highest BCUT2D eigenvalue weighted by Crippen LogP contribution is 2.21. The zero-order valence-electron chi connectivity index (χ0n) is 12.9. The summed E-state index contributed by atoms with van der Waals surface area (Å²) in [6, 6.07) is 3.96. The molecule has 6 heteroatoms. The molecule has 0 atom stereocenters. The topological polar surface area (TPSA) is 63.2 Å². The van der Waals surface area contributed by atoms with E-state index in [4.69, 9.17) is 4.74 Å². The zero-order valence-corrected chi connectivity index (χ0v) is 12.9. The van der Waals surface area contributed by atoms with Crippen molar-refractivity contribution in [1.82, 2.24) is 15.0 Å². The van der Waals surface area contributed by atoms with E-state index >= 15 is 0 Å². The van der Waals surface area contributed by atoms with Gasteiger partial charge in [-0.05, 0) is 19.9 Å². The molecule has 112 valence electrons. The number of pyridine rings is 1. The fraction of sp³-hybridized carbons (Fsp3) is 0.400. The highest BCUT2D eigenvalue weighted by atomic mass is 16.5. The van der Waals surface area contributed by atoms with Crippen molar-refractivity contribution in [3.05, 3.63) is 36.3 Å². The van der Waals surface area contributed by atoms with Crippen molar-refractivity contribution in [2.75, 3.05) is 24.3 Å². The largest absolute Gasteiger partial charge is 0.472 e. The Morgan fingerprint density at radius 3 is 2.62 bits per heavy atom. The third-order valence-corrected chi connectivity index (χ3v) is 2.75. The molecule has 2 heterocycles. The molecular weight excluding hydrogens is 266 g/mol. The molecule has 0 bridgehead atoms. The first-order valence-corrected chi connectivity index (χ1v) is 6.90. The number of anilines is 2. The van der Waals surface area contributed by atoms with E-state index in [9.17, 15) is 0 Å². The van der Waals surface area contributed by atoms with E-state index in [1.54, 1.807) is 18.6 Å². The fourth-order valence-corrected chi connectivity index (χ4v) is 1.91. The molecule has 1 N–H and O–H groups in total. The molecule has 0 aliphatic heterocycles. The first-order chi connectivity index (χ1) is 10.1. The molecule has 0 saturated carbocycles. The molecule has 2 aromatic heterocycles. The Labute approximate surface area is 125 Å². The molecule has 0 aliphatic rings. The summed E-state index contributed by atoms with van der Waals surface area (Å²) in [4.78, 5) is 14.9. The summed E-state index contributed by atoms with van der Waals surface area (Å²) in [6.07, 6.45) is 5.11. The van der Waals surface area contributed by atoms with Crippen LogP contribution in [0.15, 0.2) is 30.7 Å². The number of aromatic nitrogens is 3. The van der Waals surface area contributed by atoms with Crippen LogP contribution in [0, 0.1) is 0 Å². The summed E-state index contributed by atoms with van der Waals surface area (Å²) in [6.45, 7) is 4.53. The van der Waals surface area contributed by atoms with Gasteiger partial charge in [-0.3, -0.25) is 0 Å². The van der Waals surface area contributed by atoms with Gasteiger partial charge in [0.2, 0.25) is 0 Å². The Hall–Kier alpha value is -2.37. The van der Waals surface area contributed by atoms with Gasteiger partial charge in [-0.2, -0.15) is 0 Å². The minimum Gasteiger partial charge on any atom is -0.472 e. The molecule has 2 rings (SSSR count). The van der Waals surface area contributed by atoms with Crippen LogP contribution in [-0.4, -0.2) is 35.2 Å². The number of rotatable bonds is 6. The van der Waals surface area contributed by atoms with E-state index in [1.165, 1.54) is 0 Å². The number of ether oxygens (including phenoxy) is 1. The molecule has 6 nitrogen and oxygen atoms in total. The predicted molar refractivity (Wildman–Crippen MR) is 83.7 cm³/mol. The standard InChI is InChI=1S/C15H21N5O/c1-11(2)21-15-13(16-8-9-18-15)19-10-12-6-5-7-17-14(12)20(3)4/h5-9,11H,10H2,1-4H3,(H,16,19). The number of nitrogens with zero attached hydrogens (tertiary/aromatic N) is 4. The van der Waals surface area contributed by atoms with E-state index in [0.717, 1.165) is 11.4 Å². The molecule has 0 saturated heterocycles. The molecule has 0 radical (unpaired) electrons. The normalized spacial score (nSPS) is 10.5. The van der Waals surface area contributed by atoms with Crippen LogP contribution in [0.1, 0.15) is 19.4 Å². The first-order valence-electron chi connectivity index (χ1n) is 6.90. The minimum atomic E-state index is 0.0537. The van der Waals surface area contributed by atoms with Crippen molar-refractivity contribution in [3.63, 3.8) is 0 Å². The van der Waals surface area contributed by atoms with Crippen LogP contribution < -0.4 is 15.0 Å². The van der Waals surface area contributed by atoms with Crippen molar-refractivity contribution in [2.45, 2.75) is 26.5 Å². The summed E-state index contributed by atoms with van der Waals surface area (Å²) in [7, 11) is 3.95. The lowest BCUT2D eigenvalue weighted by atomic mass is 10.2. The van der Waals surface area contributed by atoms with Gasteiger partial charge in [-0.15, -0.1) is 0 Å². The van der Waals surface area contributed by atoms with Crippen LogP contribution >= 0.6 is 0 Å². The second-order valence-electron chi connectivity index (χ2n) is 5.11. The van der Waals surface area contributed by atoms with Crippen LogP contribution in [-0.2, 0) is 6.54 Å². The third kappa shape index (κ3) is 4.05. The van der Waals surface area contributed by atoms with Gasteiger partial charge in [-0.25, -0.2) is 15.0 Å². The molecule has 0 aliphatic carbocycles. The highest BCUT2D eigenvalue weighted by molar-refractivity contribution is 5.50. The second kappa shape index (κ2) is 6.88. The van der Waals surface area contributed by atoms with E-state index in [0.29, 0.717) is 18.2 Å². The lowest BCUT2D eigenvalue weighted by molar-refractivity contribution is 0.233. The van der Waals surface area contributed by atoms with E-state index in [2.05, 4.69) is 20.3 Å². The van der Waals surface area contributed by atoms with Crippen molar-refractivity contribution in [2.24, 2.45) is 0 Å². The molecule has 21 heavy (non-hydrogen) atoms. The molecule has 0 fully saturated rings. The number of hydrogen-bond acceptors (Lipinski definition) is 6. The van der Waals surface area contributed by atoms with Crippen LogP contribution in [0.5, 0.6) is 5.88 Å². The average Bonchev–Trinajstić information content (AvgIpc) is 2.46. The SMILES string of the molecule is CC(C)Oc1nccnc1NCc1cccnc1N(C)C. The van der Waals surface area contributed by atoms with Gasteiger partial charge in [0.05, 0.1) is 6.10 Å². The van der Waals surface area contributed by atoms with Gasteiger partial charge in [0, 0.05) is 44.8 Å². The maximum atomic E-state index is 5.65. The molecule has 0 unspecified atom stereocenters. The second-order valence-corrected chi connectivity index (χ2v) is 5.11. The summed E-state index contributed by atoms with van der Waals surface area (Å²) >= 11 is 0. The van der Waals surface area contributed by atoms with Crippen LogP contribution in [0.2, 0.25) is 0 Å². The Morgan fingerprint density at radius 2 is 1.90 bits per heavy atom. The molecule has 0 amide bonds. The summed E-state index contributed by atoms with van der Waals surface area (Å²) < 4.78 is 5.65. The summed E-state index contributed by atoms with van der Waals surface area (Å²) in [5.41, 5.74) is 1.09. The first kappa shape index (κ1) is 15.0. The molecule has 0 spiro atoms. The fourth-order valence-electron chi connectivity index (χ4n) is 1.91. The van der Waals surface area contributed by atoms with Gasteiger partial charge in [0.25, 0.3) is 5.88 Å².